The maximum atomic E-state index is 13.6. The van der Waals surface area contributed by atoms with Crippen LogP contribution in [-0.4, -0.2) is 34.0 Å². The Bertz CT molecular complexity index is 926. The van der Waals surface area contributed by atoms with Crippen LogP contribution in [0, 0.1) is 0 Å². The summed E-state index contributed by atoms with van der Waals surface area (Å²) in [7, 11) is 2.61. The lowest BCUT2D eigenvalue weighted by atomic mass is 9.98. The summed E-state index contributed by atoms with van der Waals surface area (Å²) in [5.74, 6) is -0.200. The Labute approximate surface area is 147 Å². The fourth-order valence-corrected chi connectivity index (χ4v) is 3.40. The van der Waals surface area contributed by atoms with Crippen molar-refractivity contribution in [2.75, 3.05) is 14.2 Å². The highest BCUT2D eigenvalue weighted by Gasteiger charge is 2.51. The van der Waals surface area contributed by atoms with Gasteiger partial charge in [0.1, 0.15) is 5.39 Å². The van der Waals surface area contributed by atoms with E-state index < -0.39 is 17.4 Å². The van der Waals surface area contributed by atoms with Crippen molar-refractivity contribution in [2.24, 2.45) is 0 Å². The van der Waals surface area contributed by atoms with E-state index in [1.54, 1.807) is 0 Å². The molecule has 2 aliphatic rings. The number of halogens is 3. The molecule has 0 saturated heterocycles. The van der Waals surface area contributed by atoms with Crippen LogP contribution in [0.3, 0.4) is 0 Å². The lowest BCUT2D eigenvalue weighted by Gasteiger charge is -2.20. The molecule has 1 saturated carbocycles. The molecule has 0 aliphatic heterocycles. The van der Waals surface area contributed by atoms with Gasteiger partial charge in [-0.15, -0.1) is 0 Å². The van der Waals surface area contributed by atoms with Gasteiger partial charge in [0.25, 0.3) is 0 Å². The highest BCUT2D eigenvalue weighted by atomic mass is 19.4. The molecule has 9 heteroatoms. The van der Waals surface area contributed by atoms with Gasteiger partial charge in [-0.05, 0) is 31.3 Å². The molecule has 26 heavy (non-hydrogen) atoms. The molecule has 0 spiro atoms. The van der Waals surface area contributed by atoms with Crippen LogP contribution >= 0.6 is 0 Å². The van der Waals surface area contributed by atoms with Crippen LogP contribution in [0.25, 0.3) is 11.0 Å². The van der Waals surface area contributed by atoms with Crippen molar-refractivity contribution in [1.82, 2.24) is 19.7 Å². The fourth-order valence-electron chi connectivity index (χ4n) is 3.40. The highest BCUT2D eigenvalue weighted by molar-refractivity contribution is 5.85. The second-order valence-electron chi connectivity index (χ2n) is 6.35. The number of ether oxygens (including phenoxy) is 2. The summed E-state index contributed by atoms with van der Waals surface area (Å²) in [5.41, 5.74) is -0.612. The smallest absolute Gasteiger partial charge is 0.436 e. The Morgan fingerprint density at radius 2 is 1.88 bits per heavy atom. The third kappa shape index (κ3) is 2.45. The molecular formula is C17H17F3N4O2. The number of fused-ring (bicyclic) bond motifs is 1. The van der Waals surface area contributed by atoms with Crippen LogP contribution in [0.5, 0.6) is 11.9 Å². The molecule has 0 radical (unpaired) electrons. The summed E-state index contributed by atoms with van der Waals surface area (Å²) in [6, 6.07) is -0.0619. The Kier molecular flexibility index (Phi) is 3.71. The quantitative estimate of drug-likeness (QED) is 0.827. The molecule has 0 unspecified atom stereocenters. The number of aromatic nitrogens is 4. The molecule has 2 aromatic heterocycles. The minimum atomic E-state index is -4.65. The standard InChI is InChI=1S/C17H17F3N4O2/c1-25-14-11-12(17(18,19)20)23-24(13(11)21-15(22-14)26-2)16(8-9-16)10-6-4-3-5-7-10/h4,6-7H,3,5,8-9H2,1-2H3. The van der Waals surface area contributed by atoms with E-state index in [-0.39, 0.29) is 22.9 Å². The van der Waals surface area contributed by atoms with E-state index in [0.29, 0.717) is 12.8 Å². The van der Waals surface area contributed by atoms with E-state index in [4.69, 9.17) is 9.47 Å². The van der Waals surface area contributed by atoms with Crippen molar-refractivity contribution < 1.29 is 22.6 Å². The molecule has 4 rings (SSSR count). The lowest BCUT2D eigenvalue weighted by Crippen LogP contribution is -2.22. The molecule has 2 heterocycles. The van der Waals surface area contributed by atoms with Gasteiger partial charge in [0.05, 0.1) is 19.8 Å². The molecule has 2 aliphatic carbocycles. The van der Waals surface area contributed by atoms with E-state index in [1.807, 2.05) is 12.2 Å². The van der Waals surface area contributed by atoms with Crippen molar-refractivity contribution in [3.8, 4) is 11.9 Å². The summed E-state index contributed by atoms with van der Waals surface area (Å²) in [4.78, 5) is 8.08. The maximum absolute atomic E-state index is 13.6. The van der Waals surface area contributed by atoms with Gasteiger partial charge in [-0.25, -0.2) is 4.68 Å². The predicted molar refractivity (Wildman–Crippen MR) is 87.1 cm³/mol. The van der Waals surface area contributed by atoms with E-state index in [0.717, 1.165) is 18.4 Å². The zero-order valence-electron chi connectivity index (χ0n) is 14.3. The van der Waals surface area contributed by atoms with Crippen LogP contribution in [-0.2, 0) is 11.7 Å². The van der Waals surface area contributed by atoms with Crippen LogP contribution in [0.2, 0.25) is 0 Å². The first-order valence-corrected chi connectivity index (χ1v) is 8.24. The van der Waals surface area contributed by atoms with Crippen molar-refractivity contribution in [2.45, 2.75) is 37.4 Å². The number of hydrogen-bond donors (Lipinski definition) is 0. The van der Waals surface area contributed by atoms with Gasteiger partial charge in [0, 0.05) is 0 Å². The van der Waals surface area contributed by atoms with Crippen LogP contribution in [0.15, 0.2) is 23.8 Å². The first kappa shape index (κ1) is 16.9. The van der Waals surface area contributed by atoms with Crippen molar-refractivity contribution in [3.63, 3.8) is 0 Å². The number of allylic oxidation sites excluding steroid dienone is 4. The summed E-state index contributed by atoms with van der Waals surface area (Å²) in [6.07, 6.45) is 4.59. The molecule has 1 fully saturated rings. The average molecular weight is 366 g/mol. The minimum Gasteiger partial charge on any atom is -0.480 e. The molecule has 138 valence electrons. The highest BCUT2D eigenvalue weighted by Crippen LogP contribution is 2.53. The number of rotatable bonds is 4. The number of nitrogens with zero attached hydrogens (tertiary/aromatic N) is 4. The number of methoxy groups -OCH3 is 2. The Morgan fingerprint density at radius 3 is 2.42 bits per heavy atom. The van der Waals surface area contributed by atoms with Gasteiger partial charge in [0.15, 0.2) is 11.3 Å². The molecule has 0 amide bonds. The van der Waals surface area contributed by atoms with Crippen LogP contribution in [0.1, 0.15) is 31.4 Å². The van der Waals surface area contributed by atoms with Gasteiger partial charge >= 0.3 is 12.2 Å². The largest absolute Gasteiger partial charge is 0.480 e. The lowest BCUT2D eigenvalue weighted by molar-refractivity contribution is -0.140. The molecule has 0 N–H and O–H groups in total. The maximum Gasteiger partial charge on any atom is 0.436 e. The van der Waals surface area contributed by atoms with Gasteiger partial charge in [-0.3, -0.25) is 0 Å². The van der Waals surface area contributed by atoms with Crippen molar-refractivity contribution in [3.05, 3.63) is 29.5 Å². The first-order valence-electron chi connectivity index (χ1n) is 8.24. The molecule has 0 bridgehead atoms. The summed E-state index contributed by atoms with van der Waals surface area (Å²) in [6.45, 7) is 0. The van der Waals surface area contributed by atoms with E-state index in [2.05, 4.69) is 21.1 Å². The van der Waals surface area contributed by atoms with Crippen molar-refractivity contribution in [1.29, 1.82) is 0 Å². The first-order chi connectivity index (χ1) is 12.4. The Hall–Kier alpha value is -2.58. The van der Waals surface area contributed by atoms with E-state index in [1.165, 1.54) is 18.9 Å². The SMILES string of the molecule is COc1nc(OC)c2c(C(F)(F)F)nn(C3(C4=CCCC=C4)CC3)c2n1. The van der Waals surface area contributed by atoms with Crippen molar-refractivity contribution >= 4 is 11.0 Å². The summed E-state index contributed by atoms with van der Waals surface area (Å²) in [5, 5.41) is 3.69. The third-order valence-electron chi connectivity index (χ3n) is 4.78. The van der Waals surface area contributed by atoms with E-state index >= 15 is 0 Å². The molecule has 6 nitrogen and oxygen atoms in total. The monoisotopic (exact) mass is 366 g/mol. The van der Waals surface area contributed by atoms with Crippen LogP contribution in [0.4, 0.5) is 13.2 Å². The number of alkyl halides is 3. The Morgan fingerprint density at radius 1 is 1.12 bits per heavy atom. The predicted octanol–water partition coefficient (Wildman–Crippen LogP) is 3.63. The summed E-state index contributed by atoms with van der Waals surface area (Å²) < 4.78 is 52.4. The summed E-state index contributed by atoms with van der Waals surface area (Å²) >= 11 is 0. The van der Waals surface area contributed by atoms with Gasteiger partial charge < -0.3 is 9.47 Å². The zero-order valence-corrected chi connectivity index (χ0v) is 14.3. The normalized spacial score (nSPS) is 18.7. The van der Waals surface area contributed by atoms with Crippen LogP contribution < -0.4 is 9.47 Å². The zero-order chi connectivity index (χ0) is 18.5. The minimum absolute atomic E-state index is 0.0619. The molecular weight excluding hydrogens is 349 g/mol. The molecule has 2 aromatic rings. The second-order valence-corrected chi connectivity index (χ2v) is 6.35. The van der Waals surface area contributed by atoms with Gasteiger partial charge in [0.2, 0.25) is 5.88 Å². The fraction of sp³-hybridized carbons (Fsp3) is 0.471. The van der Waals surface area contributed by atoms with Gasteiger partial charge in [-0.2, -0.15) is 28.2 Å². The Balaban J connectivity index is 2.01. The third-order valence-corrected chi connectivity index (χ3v) is 4.78. The molecule has 0 aromatic carbocycles. The molecule has 0 atom stereocenters. The number of hydrogen-bond acceptors (Lipinski definition) is 5. The van der Waals surface area contributed by atoms with Gasteiger partial charge in [-0.1, -0.05) is 18.2 Å². The van der Waals surface area contributed by atoms with E-state index in [9.17, 15) is 13.2 Å². The second kappa shape index (κ2) is 5.72. The topological polar surface area (TPSA) is 62.1 Å². The average Bonchev–Trinajstić information content (AvgIpc) is 3.34.